The summed E-state index contributed by atoms with van der Waals surface area (Å²) in [6.45, 7) is 0.739. The molecule has 1 aromatic carbocycles. The lowest BCUT2D eigenvalue weighted by Crippen LogP contribution is -2.27. The fourth-order valence-electron chi connectivity index (χ4n) is 2.25. The van der Waals surface area contributed by atoms with Crippen LogP contribution in [0.1, 0.15) is 15.9 Å². The fourth-order valence-corrected chi connectivity index (χ4v) is 4.28. The molecule has 9 heteroatoms. The zero-order chi connectivity index (χ0) is 19.2. The Kier molecular flexibility index (Phi) is 7.13. The first kappa shape index (κ1) is 20.3. The highest BCUT2D eigenvalue weighted by Crippen LogP contribution is 2.29. The molecule has 0 unspecified atom stereocenters. The van der Waals surface area contributed by atoms with Gasteiger partial charge < -0.3 is 14.8 Å². The molecule has 7 nitrogen and oxygen atoms in total. The molecule has 0 aliphatic rings. The highest BCUT2D eigenvalue weighted by atomic mass is 79.9. The first-order valence-corrected chi connectivity index (χ1v) is 10.1. The van der Waals surface area contributed by atoms with Crippen LogP contribution < -0.4 is 10.1 Å². The number of carbonyl (C=O) groups is 1. The number of ether oxygens (including phenoxy) is 2. The minimum atomic E-state index is -3.69. The van der Waals surface area contributed by atoms with Crippen LogP contribution in [0, 0.1) is 0 Å². The van der Waals surface area contributed by atoms with E-state index in [1.54, 1.807) is 12.1 Å². The molecule has 1 aromatic heterocycles. The fraction of sp³-hybridized carbons (Fsp3) is 0.294. The molecule has 0 spiro atoms. The van der Waals surface area contributed by atoms with Gasteiger partial charge in [-0.1, -0.05) is 15.9 Å². The van der Waals surface area contributed by atoms with Crippen molar-refractivity contribution >= 4 is 31.7 Å². The second-order valence-corrected chi connectivity index (χ2v) is 8.26. The van der Waals surface area contributed by atoms with Gasteiger partial charge >= 0.3 is 0 Å². The molecule has 0 saturated heterocycles. The van der Waals surface area contributed by atoms with E-state index in [9.17, 15) is 13.2 Å². The highest BCUT2D eigenvalue weighted by Gasteiger charge is 2.21. The Hall–Kier alpha value is -1.97. The quantitative estimate of drug-likeness (QED) is 0.629. The Bertz CT molecular complexity index is 886. The number of halogens is 1. The molecule has 26 heavy (non-hydrogen) atoms. The van der Waals surface area contributed by atoms with E-state index in [4.69, 9.17) is 9.47 Å². The summed E-state index contributed by atoms with van der Waals surface area (Å²) in [7, 11) is -0.740. The number of sulfone groups is 1. The van der Waals surface area contributed by atoms with Gasteiger partial charge in [-0.2, -0.15) is 0 Å². The maximum Gasteiger partial charge on any atom is 0.252 e. The normalized spacial score (nSPS) is 11.2. The molecule has 140 valence electrons. The van der Waals surface area contributed by atoms with Gasteiger partial charge in [0.2, 0.25) is 0 Å². The maximum atomic E-state index is 12.8. The van der Waals surface area contributed by atoms with Crippen LogP contribution in [-0.2, 0) is 20.3 Å². The van der Waals surface area contributed by atoms with Crippen LogP contribution in [0.2, 0.25) is 0 Å². The van der Waals surface area contributed by atoms with Crippen molar-refractivity contribution in [1.82, 2.24) is 10.3 Å². The van der Waals surface area contributed by atoms with Crippen LogP contribution in [0.25, 0.3) is 0 Å². The molecule has 1 N–H and O–H groups in total. The van der Waals surface area contributed by atoms with Gasteiger partial charge in [0, 0.05) is 30.5 Å². The Balaban J connectivity index is 2.24. The lowest BCUT2D eigenvalue weighted by atomic mass is 10.2. The van der Waals surface area contributed by atoms with Gasteiger partial charge in [0.05, 0.1) is 25.0 Å². The predicted octanol–water partition coefficient (Wildman–Crippen LogP) is 2.20. The maximum absolute atomic E-state index is 12.8. The molecule has 0 bridgehead atoms. The lowest BCUT2D eigenvalue weighted by Gasteiger charge is -2.11. The number of rotatable bonds is 8. The molecular weight excluding hydrogens is 424 g/mol. The molecular formula is C17H19BrN2O5S. The summed E-state index contributed by atoms with van der Waals surface area (Å²) in [6, 6.07) is 6.28. The van der Waals surface area contributed by atoms with E-state index >= 15 is 0 Å². The lowest BCUT2D eigenvalue weighted by molar-refractivity contribution is 0.0936. The third kappa shape index (κ3) is 5.26. The van der Waals surface area contributed by atoms with Crippen molar-refractivity contribution in [3.8, 4) is 5.75 Å². The number of pyridine rings is 1. The number of amides is 1. The second kappa shape index (κ2) is 9.11. The Morgan fingerprint density at radius 1 is 1.23 bits per heavy atom. The molecule has 2 aromatic rings. The number of nitrogens with zero attached hydrogens (tertiary/aromatic N) is 1. The summed E-state index contributed by atoms with van der Waals surface area (Å²) >= 11 is 3.27. The van der Waals surface area contributed by atoms with E-state index in [1.165, 1.54) is 38.7 Å². The third-order valence-corrected chi connectivity index (χ3v) is 5.66. The van der Waals surface area contributed by atoms with Crippen molar-refractivity contribution in [2.45, 2.75) is 10.6 Å². The van der Waals surface area contributed by atoms with Crippen molar-refractivity contribution in [1.29, 1.82) is 0 Å². The summed E-state index contributed by atoms with van der Waals surface area (Å²) in [6.07, 6.45) is 2.81. The first-order chi connectivity index (χ1) is 12.4. The van der Waals surface area contributed by atoms with Crippen LogP contribution in [-0.4, -0.2) is 46.7 Å². The molecule has 0 radical (unpaired) electrons. The van der Waals surface area contributed by atoms with E-state index in [0.717, 1.165) is 0 Å². The zero-order valence-corrected chi connectivity index (χ0v) is 16.8. The van der Waals surface area contributed by atoms with Crippen molar-refractivity contribution < 1.29 is 22.7 Å². The first-order valence-electron chi connectivity index (χ1n) is 7.64. The van der Waals surface area contributed by atoms with Gasteiger partial charge in [-0.25, -0.2) is 8.42 Å². The third-order valence-electron chi connectivity index (χ3n) is 3.47. The summed E-state index contributed by atoms with van der Waals surface area (Å²) < 4.78 is 36.2. The second-order valence-electron chi connectivity index (χ2n) is 5.38. The molecule has 0 atom stereocenters. The monoisotopic (exact) mass is 442 g/mol. The topological polar surface area (TPSA) is 94.6 Å². The number of hydrogen-bond acceptors (Lipinski definition) is 6. The van der Waals surface area contributed by atoms with Crippen LogP contribution in [0.3, 0.4) is 0 Å². The smallest absolute Gasteiger partial charge is 0.252 e. The van der Waals surface area contributed by atoms with E-state index in [0.29, 0.717) is 23.2 Å². The van der Waals surface area contributed by atoms with Gasteiger partial charge in [0.15, 0.2) is 9.84 Å². The number of benzene rings is 1. The Morgan fingerprint density at radius 3 is 2.69 bits per heavy atom. The summed E-state index contributed by atoms with van der Waals surface area (Å²) in [5, 5.41) is 2.67. The molecule has 0 aliphatic heterocycles. The number of nitrogens with one attached hydrogen (secondary N) is 1. The van der Waals surface area contributed by atoms with Gasteiger partial charge in [-0.05, 0) is 29.8 Å². The standard InChI is InChI=1S/C17H19BrN2O5S/c1-24-6-5-20-17(21)13-7-12(9-19-10-13)11-26(22,23)16-8-14(18)3-4-15(16)25-2/h3-4,7-10H,5-6,11H2,1-2H3,(H,20,21). The average molecular weight is 443 g/mol. The van der Waals surface area contributed by atoms with Crippen LogP contribution in [0.15, 0.2) is 46.0 Å². The molecule has 1 heterocycles. The van der Waals surface area contributed by atoms with E-state index in [-0.39, 0.29) is 27.9 Å². The van der Waals surface area contributed by atoms with Gasteiger partial charge in [-0.3, -0.25) is 9.78 Å². The summed E-state index contributed by atoms with van der Waals surface area (Å²) in [5.74, 6) is -0.380. The minimum Gasteiger partial charge on any atom is -0.495 e. The van der Waals surface area contributed by atoms with Crippen LogP contribution in [0.4, 0.5) is 0 Å². The Morgan fingerprint density at radius 2 is 2.00 bits per heavy atom. The number of methoxy groups -OCH3 is 2. The van der Waals surface area contributed by atoms with Crippen molar-refractivity contribution in [2.75, 3.05) is 27.4 Å². The van der Waals surface area contributed by atoms with Crippen molar-refractivity contribution in [2.24, 2.45) is 0 Å². The Labute approximate surface area is 160 Å². The average Bonchev–Trinajstić information content (AvgIpc) is 2.61. The number of aromatic nitrogens is 1. The SMILES string of the molecule is COCCNC(=O)c1cncc(CS(=O)(=O)c2cc(Br)ccc2OC)c1. The molecule has 0 saturated carbocycles. The van der Waals surface area contributed by atoms with Crippen LogP contribution in [0.5, 0.6) is 5.75 Å². The van der Waals surface area contributed by atoms with E-state index in [2.05, 4.69) is 26.2 Å². The minimum absolute atomic E-state index is 0.0734. The zero-order valence-electron chi connectivity index (χ0n) is 14.4. The molecule has 0 aliphatic carbocycles. The van der Waals surface area contributed by atoms with E-state index in [1.807, 2.05) is 0 Å². The molecule has 2 rings (SSSR count). The van der Waals surface area contributed by atoms with Gasteiger partial charge in [0.1, 0.15) is 10.6 Å². The number of hydrogen-bond donors (Lipinski definition) is 1. The predicted molar refractivity (Wildman–Crippen MR) is 100 cm³/mol. The molecule has 0 fully saturated rings. The van der Waals surface area contributed by atoms with Gasteiger partial charge in [-0.15, -0.1) is 0 Å². The summed E-state index contributed by atoms with van der Waals surface area (Å²) in [4.78, 5) is 16.1. The molecule has 1 amide bonds. The van der Waals surface area contributed by atoms with Crippen molar-refractivity contribution in [3.05, 3.63) is 52.3 Å². The summed E-state index contributed by atoms with van der Waals surface area (Å²) in [5.41, 5.74) is 0.696. The highest BCUT2D eigenvalue weighted by molar-refractivity contribution is 9.10. The van der Waals surface area contributed by atoms with E-state index < -0.39 is 9.84 Å². The number of carbonyl (C=O) groups excluding carboxylic acids is 1. The van der Waals surface area contributed by atoms with Crippen LogP contribution >= 0.6 is 15.9 Å². The van der Waals surface area contributed by atoms with Crippen molar-refractivity contribution in [3.63, 3.8) is 0 Å². The van der Waals surface area contributed by atoms with Gasteiger partial charge in [0.25, 0.3) is 5.91 Å². The largest absolute Gasteiger partial charge is 0.495 e.